The fraction of sp³-hybridized carbons (Fsp3) is 0.429. The van der Waals surface area contributed by atoms with Crippen molar-refractivity contribution < 1.29 is 24.5 Å². The van der Waals surface area contributed by atoms with E-state index < -0.39 is 11.6 Å². The summed E-state index contributed by atoms with van der Waals surface area (Å²) in [6.07, 6.45) is 0. The Hall–Kier alpha value is -2.44. The molecule has 3 heterocycles. The van der Waals surface area contributed by atoms with E-state index in [1.54, 1.807) is 13.8 Å². The highest BCUT2D eigenvalue weighted by Crippen LogP contribution is 2.43. The van der Waals surface area contributed by atoms with Crippen molar-refractivity contribution in [3.63, 3.8) is 0 Å². The number of hydrogen-bond acceptors (Lipinski definition) is 7. The fourth-order valence-electron chi connectivity index (χ4n) is 3.39. The van der Waals surface area contributed by atoms with E-state index >= 15 is 0 Å². The minimum Gasteiger partial charge on any atom is -0.491 e. The van der Waals surface area contributed by atoms with Gasteiger partial charge in [-0.15, -0.1) is 11.3 Å². The Kier molecular flexibility index (Phi) is 5.32. The van der Waals surface area contributed by atoms with E-state index in [9.17, 15) is 15.0 Å². The van der Waals surface area contributed by atoms with E-state index in [-0.39, 0.29) is 11.0 Å². The number of aromatic nitrogens is 1. The lowest BCUT2D eigenvalue weighted by Crippen LogP contribution is -2.40. The summed E-state index contributed by atoms with van der Waals surface area (Å²) in [5.41, 5.74) is 0.952. The van der Waals surface area contributed by atoms with Gasteiger partial charge in [-0.25, -0.2) is 9.78 Å². The average molecular weight is 414 g/mol. The Morgan fingerprint density at radius 1 is 1.34 bits per heavy atom. The number of fused-ring (bicyclic) bond motifs is 3. The molecule has 1 saturated heterocycles. The van der Waals surface area contributed by atoms with E-state index in [1.807, 2.05) is 18.2 Å². The zero-order valence-electron chi connectivity index (χ0n) is 16.3. The molecule has 0 spiro atoms. The summed E-state index contributed by atoms with van der Waals surface area (Å²) in [7, 11) is 0. The normalized spacial score (nSPS) is 19.2. The lowest BCUT2D eigenvalue weighted by atomic mass is 10.0. The molecule has 152 valence electrons. The smallest absolute Gasteiger partial charge is 0.365 e. The van der Waals surface area contributed by atoms with Crippen LogP contribution in [0.4, 0.5) is 0 Å². The Morgan fingerprint density at radius 2 is 2.10 bits per heavy atom. The fourth-order valence-corrected chi connectivity index (χ4v) is 4.43. The van der Waals surface area contributed by atoms with Gasteiger partial charge in [0.25, 0.3) is 0 Å². The average Bonchev–Trinajstić information content (AvgIpc) is 3.07. The SMILES string of the molecule is CC(C)(O)C#Cc1ccc2c(c1)-c1nc(C(=O)O)sc1C(N1CCOCC1)CO2. The number of aliphatic hydroxyl groups is 1. The molecule has 0 radical (unpaired) electrons. The van der Waals surface area contributed by atoms with Crippen LogP contribution in [0.3, 0.4) is 0 Å². The van der Waals surface area contributed by atoms with Crippen molar-refractivity contribution >= 4 is 17.3 Å². The van der Waals surface area contributed by atoms with Gasteiger partial charge in [0.15, 0.2) is 0 Å². The van der Waals surface area contributed by atoms with Gasteiger partial charge in [-0.3, -0.25) is 4.90 Å². The molecule has 1 aromatic heterocycles. The molecule has 7 nitrogen and oxygen atoms in total. The van der Waals surface area contributed by atoms with E-state index in [1.165, 1.54) is 11.3 Å². The number of carboxylic acids is 1. The van der Waals surface area contributed by atoms with Crippen LogP contribution in [-0.2, 0) is 4.74 Å². The molecule has 1 unspecified atom stereocenters. The molecule has 2 aliphatic heterocycles. The standard InChI is InChI=1S/C21H22N2O5S/c1-21(2,26)6-5-13-3-4-16-14(11-13)17-18(29-19(22-17)20(24)25)15(12-28-16)23-7-9-27-10-8-23/h3-4,11,15,26H,7-10,12H2,1-2H3,(H,24,25). The molecular formula is C21H22N2O5S. The van der Waals surface area contributed by atoms with Gasteiger partial charge >= 0.3 is 5.97 Å². The first-order valence-corrected chi connectivity index (χ1v) is 10.2. The van der Waals surface area contributed by atoms with Crippen molar-refractivity contribution in [2.75, 3.05) is 32.9 Å². The number of aromatic carboxylic acids is 1. The van der Waals surface area contributed by atoms with E-state index in [2.05, 4.69) is 21.7 Å². The van der Waals surface area contributed by atoms with Gasteiger partial charge < -0.3 is 19.7 Å². The summed E-state index contributed by atoms with van der Waals surface area (Å²) in [6, 6.07) is 5.42. The van der Waals surface area contributed by atoms with Crippen LogP contribution in [0.2, 0.25) is 0 Å². The van der Waals surface area contributed by atoms with Crippen molar-refractivity contribution in [1.29, 1.82) is 0 Å². The molecule has 2 aliphatic rings. The maximum Gasteiger partial charge on any atom is 0.365 e. The molecular weight excluding hydrogens is 392 g/mol. The summed E-state index contributed by atoms with van der Waals surface area (Å²) in [6.45, 7) is 6.45. The largest absolute Gasteiger partial charge is 0.491 e. The summed E-state index contributed by atoms with van der Waals surface area (Å²) in [5.74, 6) is 5.38. The first kappa shape index (κ1) is 19.9. The molecule has 1 atom stereocenters. The molecule has 0 saturated carbocycles. The number of ether oxygens (including phenoxy) is 2. The second-order valence-corrected chi connectivity index (χ2v) is 8.56. The Balaban J connectivity index is 1.80. The van der Waals surface area contributed by atoms with Gasteiger partial charge in [0.2, 0.25) is 5.01 Å². The number of rotatable bonds is 2. The van der Waals surface area contributed by atoms with E-state index in [0.717, 1.165) is 23.5 Å². The van der Waals surface area contributed by atoms with Crippen molar-refractivity contribution in [3.8, 4) is 28.8 Å². The third-order valence-corrected chi connectivity index (χ3v) is 5.91. The van der Waals surface area contributed by atoms with Crippen LogP contribution in [0.1, 0.15) is 40.1 Å². The van der Waals surface area contributed by atoms with Crippen LogP contribution >= 0.6 is 11.3 Å². The molecule has 1 aromatic carbocycles. The predicted molar refractivity (Wildman–Crippen MR) is 108 cm³/mol. The van der Waals surface area contributed by atoms with Gasteiger partial charge in [-0.05, 0) is 32.0 Å². The van der Waals surface area contributed by atoms with Crippen molar-refractivity contribution in [2.24, 2.45) is 0 Å². The van der Waals surface area contributed by atoms with E-state index in [0.29, 0.717) is 36.8 Å². The van der Waals surface area contributed by atoms with Gasteiger partial charge in [-0.2, -0.15) is 0 Å². The maximum absolute atomic E-state index is 11.6. The quantitative estimate of drug-likeness (QED) is 0.729. The molecule has 29 heavy (non-hydrogen) atoms. The third-order valence-electron chi connectivity index (χ3n) is 4.77. The minimum absolute atomic E-state index is 0.0640. The van der Waals surface area contributed by atoms with Crippen molar-refractivity contribution in [3.05, 3.63) is 33.6 Å². The molecule has 0 bridgehead atoms. The summed E-state index contributed by atoms with van der Waals surface area (Å²) >= 11 is 1.20. The van der Waals surface area contributed by atoms with Crippen molar-refractivity contribution in [2.45, 2.75) is 25.5 Å². The highest BCUT2D eigenvalue weighted by molar-refractivity contribution is 7.14. The number of hydrogen-bond donors (Lipinski definition) is 2. The van der Waals surface area contributed by atoms with Gasteiger partial charge in [0.05, 0.1) is 29.8 Å². The Morgan fingerprint density at radius 3 is 2.79 bits per heavy atom. The molecule has 0 aliphatic carbocycles. The number of morpholine rings is 1. The van der Waals surface area contributed by atoms with Crippen molar-refractivity contribution in [1.82, 2.24) is 9.88 Å². The van der Waals surface area contributed by atoms with Crippen LogP contribution in [0.5, 0.6) is 5.75 Å². The van der Waals surface area contributed by atoms with Crippen LogP contribution in [0, 0.1) is 11.8 Å². The zero-order valence-corrected chi connectivity index (χ0v) is 17.1. The van der Waals surface area contributed by atoms with Gasteiger partial charge in [0, 0.05) is 24.2 Å². The number of benzene rings is 1. The molecule has 0 amide bonds. The molecule has 2 aromatic rings. The van der Waals surface area contributed by atoms with Crippen LogP contribution in [0.25, 0.3) is 11.3 Å². The van der Waals surface area contributed by atoms with Gasteiger partial charge in [0.1, 0.15) is 18.0 Å². The summed E-state index contributed by atoms with van der Waals surface area (Å²) < 4.78 is 11.6. The molecule has 2 N–H and O–H groups in total. The number of carbonyl (C=O) groups is 1. The number of carboxylic acid groups (broad SMARTS) is 1. The highest BCUT2D eigenvalue weighted by atomic mass is 32.1. The first-order valence-electron chi connectivity index (χ1n) is 9.40. The highest BCUT2D eigenvalue weighted by Gasteiger charge is 2.33. The van der Waals surface area contributed by atoms with Crippen LogP contribution < -0.4 is 4.74 Å². The number of thiazole rings is 1. The second kappa shape index (κ2) is 7.76. The summed E-state index contributed by atoms with van der Waals surface area (Å²) in [5, 5.41) is 19.4. The second-order valence-electron chi connectivity index (χ2n) is 7.53. The molecule has 8 heteroatoms. The predicted octanol–water partition coefficient (Wildman–Crippen LogP) is 2.40. The minimum atomic E-state index is -1.10. The zero-order chi connectivity index (χ0) is 20.6. The maximum atomic E-state index is 11.6. The Labute approximate surface area is 172 Å². The lowest BCUT2D eigenvalue weighted by Gasteiger charge is -2.33. The first-order chi connectivity index (χ1) is 13.8. The lowest BCUT2D eigenvalue weighted by molar-refractivity contribution is 0.00683. The number of nitrogens with zero attached hydrogens (tertiary/aromatic N) is 2. The monoisotopic (exact) mass is 414 g/mol. The van der Waals surface area contributed by atoms with Gasteiger partial charge in [-0.1, -0.05) is 11.8 Å². The van der Waals surface area contributed by atoms with Crippen LogP contribution in [0.15, 0.2) is 18.2 Å². The van der Waals surface area contributed by atoms with E-state index in [4.69, 9.17) is 9.47 Å². The van der Waals surface area contributed by atoms with Crippen LogP contribution in [-0.4, -0.2) is 64.6 Å². The third kappa shape index (κ3) is 4.28. The topological polar surface area (TPSA) is 92.1 Å². The Bertz CT molecular complexity index is 993. The molecule has 4 rings (SSSR count). The summed E-state index contributed by atoms with van der Waals surface area (Å²) in [4.78, 5) is 19.2. The molecule has 1 fully saturated rings.